The number of nitrogens with zero attached hydrogens (tertiary/aromatic N) is 1. The predicted molar refractivity (Wildman–Crippen MR) is 126 cm³/mol. The second kappa shape index (κ2) is 8.75. The van der Waals surface area contributed by atoms with Crippen molar-refractivity contribution in [1.82, 2.24) is 0 Å². The van der Waals surface area contributed by atoms with Gasteiger partial charge in [0.2, 0.25) is 11.8 Å². The van der Waals surface area contributed by atoms with Gasteiger partial charge in [-0.2, -0.15) is 0 Å². The minimum absolute atomic E-state index is 0.00738. The lowest BCUT2D eigenvalue weighted by molar-refractivity contribution is -0.117. The van der Waals surface area contributed by atoms with Gasteiger partial charge in [-0.15, -0.1) is 0 Å². The number of hydrogen-bond acceptors (Lipinski definition) is 2. The molecule has 0 radical (unpaired) electrons. The standard InChI is InChI=1S/C26H24ClFN2O2/c1-17(31)30-13-12-26(2,19-6-4-3-5-7-19)21-16-20(9-11-24(21)30)29-25(32)15-18-8-10-23(28)22(27)14-18/h3-11,14,16H,12-13,15H2,1-2H3,(H,29,32). The molecule has 4 nitrogen and oxygen atoms in total. The van der Waals surface area contributed by atoms with Crippen LogP contribution in [0.15, 0.2) is 66.7 Å². The number of amides is 2. The van der Waals surface area contributed by atoms with Gasteiger partial charge in [-0.1, -0.05) is 54.9 Å². The van der Waals surface area contributed by atoms with Crippen molar-refractivity contribution < 1.29 is 14.0 Å². The van der Waals surface area contributed by atoms with Gasteiger partial charge in [-0.3, -0.25) is 9.59 Å². The van der Waals surface area contributed by atoms with Gasteiger partial charge >= 0.3 is 0 Å². The quantitative estimate of drug-likeness (QED) is 0.552. The number of anilines is 2. The molecule has 1 N–H and O–H groups in total. The van der Waals surface area contributed by atoms with Crippen LogP contribution in [0.4, 0.5) is 15.8 Å². The van der Waals surface area contributed by atoms with E-state index in [2.05, 4.69) is 24.4 Å². The first kappa shape index (κ1) is 22.0. The Morgan fingerprint density at radius 1 is 1.09 bits per heavy atom. The number of carbonyl (C=O) groups excluding carboxylic acids is 2. The molecule has 0 aliphatic carbocycles. The Morgan fingerprint density at radius 3 is 2.53 bits per heavy atom. The van der Waals surface area contributed by atoms with E-state index in [1.807, 2.05) is 30.3 Å². The first-order chi connectivity index (χ1) is 15.3. The van der Waals surface area contributed by atoms with Crippen LogP contribution in [0.1, 0.15) is 37.0 Å². The van der Waals surface area contributed by atoms with Gasteiger partial charge in [0, 0.05) is 30.3 Å². The van der Waals surface area contributed by atoms with Gasteiger partial charge in [-0.05, 0) is 53.4 Å². The van der Waals surface area contributed by atoms with Gasteiger partial charge in [0.15, 0.2) is 0 Å². The second-order valence-electron chi connectivity index (χ2n) is 8.32. The fraction of sp³-hybridized carbons (Fsp3) is 0.231. The number of benzene rings is 3. The molecule has 0 spiro atoms. The summed E-state index contributed by atoms with van der Waals surface area (Å²) in [5.74, 6) is -0.750. The summed E-state index contributed by atoms with van der Waals surface area (Å²) in [6.45, 7) is 4.37. The molecule has 1 unspecified atom stereocenters. The summed E-state index contributed by atoms with van der Waals surface area (Å²) in [6, 6.07) is 20.1. The van der Waals surface area contributed by atoms with E-state index in [1.165, 1.54) is 12.1 Å². The van der Waals surface area contributed by atoms with Crippen LogP contribution < -0.4 is 10.2 Å². The molecule has 0 fully saturated rings. The Bertz CT molecular complexity index is 1180. The van der Waals surface area contributed by atoms with Crippen molar-refractivity contribution in [1.29, 1.82) is 0 Å². The normalized spacial score (nSPS) is 17.6. The zero-order valence-electron chi connectivity index (χ0n) is 18.0. The summed E-state index contributed by atoms with van der Waals surface area (Å²) < 4.78 is 13.4. The summed E-state index contributed by atoms with van der Waals surface area (Å²) in [4.78, 5) is 26.7. The van der Waals surface area contributed by atoms with Crippen LogP contribution in [0.25, 0.3) is 0 Å². The molecule has 6 heteroatoms. The maximum atomic E-state index is 13.4. The monoisotopic (exact) mass is 450 g/mol. The molecular formula is C26H24ClFN2O2. The third kappa shape index (κ3) is 4.26. The highest BCUT2D eigenvalue weighted by Gasteiger charge is 2.37. The third-order valence-corrected chi connectivity index (χ3v) is 6.43. The van der Waals surface area contributed by atoms with E-state index < -0.39 is 5.82 Å². The molecule has 1 aliphatic rings. The molecule has 1 heterocycles. The van der Waals surface area contributed by atoms with E-state index >= 15 is 0 Å². The van der Waals surface area contributed by atoms with Crippen LogP contribution in [-0.4, -0.2) is 18.4 Å². The average molecular weight is 451 g/mol. The number of fused-ring (bicyclic) bond motifs is 1. The molecule has 3 aromatic carbocycles. The number of hydrogen-bond donors (Lipinski definition) is 1. The molecule has 0 saturated heterocycles. The molecule has 164 valence electrons. The molecule has 0 bridgehead atoms. The third-order valence-electron chi connectivity index (χ3n) is 6.14. The predicted octanol–water partition coefficient (Wildman–Crippen LogP) is 5.72. The van der Waals surface area contributed by atoms with Crippen molar-refractivity contribution in [2.24, 2.45) is 0 Å². The smallest absolute Gasteiger partial charge is 0.228 e. The van der Waals surface area contributed by atoms with Crippen molar-refractivity contribution in [2.75, 3.05) is 16.8 Å². The van der Waals surface area contributed by atoms with E-state index in [0.29, 0.717) is 17.8 Å². The fourth-order valence-electron chi connectivity index (χ4n) is 4.35. The molecule has 4 rings (SSSR count). The lowest BCUT2D eigenvalue weighted by atomic mass is 9.71. The summed E-state index contributed by atoms with van der Waals surface area (Å²) in [5.41, 5.74) is 3.99. The molecule has 0 saturated carbocycles. The first-order valence-electron chi connectivity index (χ1n) is 10.5. The van der Waals surface area contributed by atoms with Crippen LogP contribution in [0.3, 0.4) is 0 Å². The highest BCUT2D eigenvalue weighted by Crippen LogP contribution is 2.45. The Balaban J connectivity index is 1.65. The highest BCUT2D eigenvalue weighted by atomic mass is 35.5. The lowest BCUT2D eigenvalue weighted by Crippen LogP contribution is -2.41. The lowest BCUT2D eigenvalue weighted by Gasteiger charge is -2.41. The maximum Gasteiger partial charge on any atom is 0.228 e. The largest absolute Gasteiger partial charge is 0.326 e. The summed E-state index contributed by atoms with van der Waals surface area (Å²) in [7, 11) is 0. The highest BCUT2D eigenvalue weighted by molar-refractivity contribution is 6.30. The summed E-state index contributed by atoms with van der Waals surface area (Å²) >= 11 is 5.83. The Kier molecular flexibility index (Phi) is 6.02. The Morgan fingerprint density at radius 2 is 1.84 bits per heavy atom. The minimum Gasteiger partial charge on any atom is -0.326 e. The Hall–Kier alpha value is -3.18. The number of rotatable bonds is 4. The molecule has 3 aromatic rings. The molecule has 1 atom stereocenters. The van der Waals surface area contributed by atoms with Crippen LogP contribution in [0.5, 0.6) is 0 Å². The first-order valence-corrected chi connectivity index (χ1v) is 10.9. The molecule has 2 amide bonds. The molecular weight excluding hydrogens is 427 g/mol. The van der Waals surface area contributed by atoms with E-state index in [0.717, 1.165) is 23.2 Å². The topological polar surface area (TPSA) is 49.4 Å². The zero-order valence-corrected chi connectivity index (χ0v) is 18.7. The van der Waals surface area contributed by atoms with Crippen LogP contribution in [-0.2, 0) is 21.4 Å². The SMILES string of the molecule is CC(=O)N1CCC(C)(c2ccccc2)c2cc(NC(=O)Cc3ccc(F)c(Cl)c3)ccc21. The number of nitrogens with one attached hydrogen (secondary N) is 1. The van der Waals surface area contributed by atoms with Gasteiger partial charge in [0.1, 0.15) is 5.82 Å². The Labute approximate surface area is 192 Å². The van der Waals surface area contributed by atoms with Crippen LogP contribution >= 0.6 is 11.6 Å². The second-order valence-corrected chi connectivity index (χ2v) is 8.73. The van der Waals surface area contributed by atoms with Crippen molar-refractivity contribution in [3.05, 3.63) is 94.3 Å². The number of halogens is 2. The molecule has 1 aliphatic heterocycles. The van der Waals surface area contributed by atoms with Gasteiger partial charge < -0.3 is 10.2 Å². The fourth-order valence-corrected chi connectivity index (χ4v) is 4.56. The van der Waals surface area contributed by atoms with Crippen molar-refractivity contribution in [2.45, 2.75) is 32.1 Å². The van der Waals surface area contributed by atoms with Gasteiger partial charge in [0.05, 0.1) is 11.4 Å². The average Bonchev–Trinajstić information content (AvgIpc) is 2.77. The summed E-state index contributed by atoms with van der Waals surface area (Å²) in [5, 5.41) is 2.92. The summed E-state index contributed by atoms with van der Waals surface area (Å²) in [6.07, 6.45) is 0.849. The minimum atomic E-state index is -0.513. The van der Waals surface area contributed by atoms with E-state index in [9.17, 15) is 14.0 Å². The molecule has 32 heavy (non-hydrogen) atoms. The van der Waals surface area contributed by atoms with Gasteiger partial charge in [0.25, 0.3) is 0 Å². The van der Waals surface area contributed by atoms with Gasteiger partial charge in [-0.25, -0.2) is 4.39 Å². The van der Waals surface area contributed by atoms with Crippen molar-refractivity contribution in [3.8, 4) is 0 Å². The van der Waals surface area contributed by atoms with Crippen molar-refractivity contribution >= 4 is 34.8 Å². The van der Waals surface area contributed by atoms with E-state index in [1.54, 1.807) is 24.0 Å². The molecule has 0 aromatic heterocycles. The van der Waals surface area contributed by atoms with Crippen LogP contribution in [0, 0.1) is 5.82 Å². The maximum absolute atomic E-state index is 13.4. The van der Waals surface area contributed by atoms with Crippen molar-refractivity contribution in [3.63, 3.8) is 0 Å². The van der Waals surface area contributed by atoms with E-state index in [4.69, 9.17) is 11.6 Å². The number of carbonyl (C=O) groups is 2. The zero-order chi connectivity index (χ0) is 22.9. The van der Waals surface area contributed by atoms with Crippen LogP contribution in [0.2, 0.25) is 5.02 Å². The van der Waals surface area contributed by atoms with E-state index in [-0.39, 0.29) is 28.7 Å².